The van der Waals surface area contributed by atoms with Gasteiger partial charge in [-0.05, 0) is 51.7 Å². The number of para-hydroxylation sites is 1. The van der Waals surface area contributed by atoms with E-state index in [1.807, 2.05) is 43.9 Å². The number of amides is 2. The van der Waals surface area contributed by atoms with Crippen molar-refractivity contribution >= 4 is 17.5 Å². The first kappa shape index (κ1) is 15.1. The van der Waals surface area contributed by atoms with Crippen molar-refractivity contribution in [3.63, 3.8) is 0 Å². The molecule has 0 bridgehead atoms. The summed E-state index contributed by atoms with van der Waals surface area (Å²) in [6.07, 6.45) is 2.70. The van der Waals surface area contributed by atoms with Gasteiger partial charge >= 0.3 is 0 Å². The fraction of sp³-hybridized carbons (Fsp3) is 0.556. The maximum Gasteiger partial charge on any atom is 0.230 e. The topological polar surface area (TPSA) is 49.4 Å². The number of anilines is 1. The molecular weight excluding hydrogens is 276 g/mol. The van der Waals surface area contributed by atoms with Crippen molar-refractivity contribution in [1.82, 2.24) is 5.32 Å². The number of aryl methyl sites for hydroxylation is 1. The zero-order chi connectivity index (χ0) is 15.9. The monoisotopic (exact) mass is 300 g/mol. The molecule has 2 aliphatic rings. The van der Waals surface area contributed by atoms with Crippen molar-refractivity contribution < 1.29 is 9.59 Å². The quantitative estimate of drug-likeness (QED) is 0.912. The summed E-state index contributed by atoms with van der Waals surface area (Å²) >= 11 is 0. The number of hydrogen-bond donors (Lipinski definition) is 1. The van der Waals surface area contributed by atoms with E-state index in [0.29, 0.717) is 6.42 Å². The van der Waals surface area contributed by atoms with Crippen LogP contribution in [0.25, 0.3) is 0 Å². The lowest BCUT2D eigenvalue weighted by Gasteiger charge is -2.29. The Bertz CT molecular complexity index is 603. The van der Waals surface area contributed by atoms with Crippen molar-refractivity contribution in [2.45, 2.75) is 45.6 Å². The van der Waals surface area contributed by atoms with Gasteiger partial charge in [0.1, 0.15) is 0 Å². The summed E-state index contributed by atoms with van der Waals surface area (Å²) < 4.78 is 0. The zero-order valence-electron chi connectivity index (χ0n) is 13.6. The molecule has 22 heavy (non-hydrogen) atoms. The third kappa shape index (κ3) is 3.01. The molecule has 0 spiro atoms. The molecule has 1 aliphatic carbocycles. The fourth-order valence-corrected chi connectivity index (χ4v) is 3.18. The molecule has 2 atom stereocenters. The van der Waals surface area contributed by atoms with Crippen molar-refractivity contribution in [3.05, 3.63) is 29.8 Å². The standard InChI is InChI=1S/C18H24N2O2/c1-18(2,3)19-16(21)13-11-14(13)17(22)20-10-6-8-12-7-4-5-9-15(12)20/h4-5,7,9,13-14H,6,8,10-11H2,1-3H3,(H,19,21). The average Bonchev–Trinajstić information content (AvgIpc) is 3.25. The molecule has 1 aliphatic heterocycles. The lowest BCUT2D eigenvalue weighted by molar-refractivity contribution is -0.127. The molecule has 0 saturated heterocycles. The third-order valence-electron chi connectivity index (χ3n) is 4.32. The van der Waals surface area contributed by atoms with Gasteiger partial charge in [-0.25, -0.2) is 0 Å². The molecule has 4 nitrogen and oxygen atoms in total. The van der Waals surface area contributed by atoms with Crippen LogP contribution in [-0.4, -0.2) is 23.9 Å². The molecule has 2 unspecified atom stereocenters. The molecule has 1 fully saturated rings. The van der Waals surface area contributed by atoms with Gasteiger partial charge in [-0.2, -0.15) is 0 Å². The van der Waals surface area contributed by atoms with E-state index in [0.717, 1.165) is 25.1 Å². The molecule has 3 rings (SSSR count). The van der Waals surface area contributed by atoms with Gasteiger partial charge in [0.05, 0.1) is 11.8 Å². The SMILES string of the molecule is CC(C)(C)NC(=O)C1CC1C(=O)N1CCCc2ccccc21. The first-order valence-electron chi connectivity index (χ1n) is 8.08. The lowest BCUT2D eigenvalue weighted by atomic mass is 10.0. The van der Waals surface area contributed by atoms with E-state index in [2.05, 4.69) is 11.4 Å². The molecule has 4 heteroatoms. The minimum absolute atomic E-state index is 0.0103. The van der Waals surface area contributed by atoms with E-state index in [4.69, 9.17) is 0 Å². The van der Waals surface area contributed by atoms with Gasteiger partial charge in [0.2, 0.25) is 11.8 Å². The van der Waals surface area contributed by atoms with Gasteiger partial charge in [-0.1, -0.05) is 18.2 Å². The number of carbonyl (C=O) groups is 2. The van der Waals surface area contributed by atoms with E-state index in [1.165, 1.54) is 5.56 Å². The van der Waals surface area contributed by atoms with Gasteiger partial charge in [-0.15, -0.1) is 0 Å². The summed E-state index contributed by atoms with van der Waals surface area (Å²) in [6.45, 7) is 6.65. The first-order valence-corrected chi connectivity index (χ1v) is 8.08. The predicted octanol–water partition coefficient (Wildman–Crippen LogP) is 2.52. The van der Waals surface area contributed by atoms with Crippen LogP contribution in [0.4, 0.5) is 5.69 Å². The van der Waals surface area contributed by atoms with E-state index >= 15 is 0 Å². The van der Waals surface area contributed by atoms with Crippen molar-refractivity contribution in [2.75, 3.05) is 11.4 Å². The Balaban J connectivity index is 1.69. The molecule has 0 aromatic heterocycles. The molecule has 1 saturated carbocycles. The molecular formula is C18H24N2O2. The van der Waals surface area contributed by atoms with E-state index in [1.54, 1.807) is 0 Å². The van der Waals surface area contributed by atoms with E-state index in [9.17, 15) is 9.59 Å². The number of nitrogens with zero attached hydrogens (tertiary/aromatic N) is 1. The van der Waals surface area contributed by atoms with E-state index < -0.39 is 0 Å². The second-order valence-corrected chi connectivity index (χ2v) is 7.41. The summed E-state index contributed by atoms with van der Waals surface area (Å²) in [4.78, 5) is 26.8. The smallest absolute Gasteiger partial charge is 0.230 e. The van der Waals surface area contributed by atoms with Crippen molar-refractivity contribution in [3.8, 4) is 0 Å². The Morgan fingerprint density at radius 1 is 1.18 bits per heavy atom. The average molecular weight is 300 g/mol. The van der Waals surface area contributed by atoms with Crippen molar-refractivity contribution in [2.24, 2.45) is 11.8 Å². The highest BCUT2D eigenvalue weighted by molar-refractivity contribution is 6.01. The maximum absolute atomic E-state index is 12.7. The highest BCUT2D eigenvalue weighted by Crippen LogP contribution is 2.42. The highest BCUT2D eigenvalue weighted by Gasteiger charge is 2.50. The van der Waals surface area contributed by atoms with Crippen LogP contribution in [0.15, 0.2) is 24.3 Å². The summed E-state index contributed by atoms with van der Waals surface area (Å²) in [5.74, 6) is -0.174. The first-order chi connectivity index (χ1) is 10.4. The second-order valence-electron chi connectivity index (χ2n) is 7.41. The van der Waals surface area contributed by atoms with Gasteiger partial charge in [0.25, 0.3) is 0 Å². The summed E-state index contributed by atoms with van der Waals surface area (Å²) in [5.41, 5.74) is 2.02. The Morgan fingerprint density at radius 3 is 2.64 bits per heavy atom. The summed E-state index contributed by atoms with van der Waals surface area (Å²) in [5, 5.41) is 2.98. The summed E-state index contributed by atoms with van der Waals surface area (Å²) in [7, 11) is 0. The molecule has 1 aromatic rings. The Labute approximate surface area is 131 Å². The van der Waals surface area contributed by atoms with Crippen molar-refractivity contribution in [1.29, 1.82) is 0 Å². The van der Waals surface area contributed by atoms with Gasteiger partial charge < -0.3 is 10.2 Å². The molecule has 0 radical (unpaired) electrons. The fourth-order valence-electron chi connectivity index (χ4n) is 3.18. The number of hydrogen-bond acceptors (Lipinski definition) is 2. The maximum atomic E-state index is 12.7. The van der Waals surface area contributed by atoms with Crippen LogP contribution in [-0.2, 0) is 16.0 Å². The minimum atomic E-state index is -0.245. The summed E-state index contributed by atoms with van der Waals surface area (Å²) in [6, 6.07) is 8.09. The number of nitrogens with one attached hydrogen (secondary N) is 1. The van der Waals surface area contributed by atoms with Crippen LogP contribution in [0.2, 0.25) is 0 Å². The Kier molecular flexibility index (Phi) is 3.71. The van der Waals surface area contributed by atoms with Crippen LogP contribution in [0, 0.1) is 11.8 Å². The van der Waals surface area contributed by atoms with Gasteiger partial charge in [0, 0.05) is 17.8 Å². The minimum Gasteiger partial charge on any atom is -0.351 e. The number of rotatable bonds is 2. The number of carbonyl (C=O) groups excluding carboxylic acids is 2. The molecule has 1 heterocycles. The number of benzene rings is 1. The largest absolute Gasteiger partial charge is 0.351 e. The van der Waals surface area contributed by atoms with Crippen LogP contribution in [0.3, 0.4) is 0 Å². The van der Waals surface area contributed by atoms with Crippen LogP contribution < -0.4 is 10.2 Å². The van der Waals surface area contributed by atoms with Gasteiger partial charge in [0.15, 0.2) is 0 Å². The van der Waals surface area contributed by atoms with Crippen LogP contribution in [0.1, 0.15) is 39.2 Å². The molecule has 1 aromatic carbocycles. The predicted molar refractivity (Wildman–Crippen MR) is 86.6 cm³/mol. The highest BCUT2D eigenvalue weighted by atomic mass is 16.2. The van der Waals surface area contributed by atoms with Crippen LogP contribution >= 0.6 is 0 Å². The molecule has 2 amide bonds. The Morgan fingerprint density at radius 2 is 1.91 bits per heavy atom. The van der Waals surface area contributed by atoms with E-state index in [-0.39, 0.29) is 29.2 Å². The Hall–Kier alpha value is -1.84. The number of fused-ring (bicyclic) bond motifs is 1. The molecule has 118 valence electrons. The normalized spacial score (nSPS) is 23.7. The lowest BCUT2D eigenvalue weighted by Crippen LogP contribution is -2.43. The zero-order valence-corrected chi connectivity index (χ0v) is 13.6. The molecule has 1 N–H and O–H groups in total. The third-order valence-corrected chi connectivity index (χ3v) is 4.32. The van der Waals surface area contributed by atoms with Crippen LogP contribution in [0.5, 0.6) is 0 Å². The second kappa shape index (κ2) is 5.41. The van der Waals surface area contributed by atoms with Gasteiger partial charge in [-0.3, -0.25) is 9.59 Å².